The van der Waals surface area contributed by atoms with Gasteiger partial charge in [-0.05, 0) is 36.6 Å². The van der Waals surface area contributed by atoms with E-state index < -0.39 is 17.6 Å². The average molecular weight is 369 g/mol. The van der Waals surface area contributed by atoms with Gasteiger partial charge in [-0.25, -0.2) is 13.8 Å². The molecule has 138 valence electrons. The van der Waals surface area contributed by atoms with E-state index in [1.165, 1.54) is 30.5 Å². The molecular formula is C21H17F2NO3. The van der Waals surface area contributed by atoms with Crippen molar-refractivity contribution in [2.75, 3.05) is 0 Å². The summed E-state index contributed by atoms with van der Waals surface area (Å²) in [7, 11) is 0. The van der Waals surface area contributed by atoms with E-state index in [9.17, 15) is 13.6 Å². The highest BCUT2D eigenvalue weighted by atomic mass is 19.1. The molecule has 1 N–H and O–H groups in total. The van der Waals surface area contributed by atoms with Crippen LogP contribution in [0.3, 0.4) is 0 Å². The van der Waals surface area contributed by atoms with Gasteiger partial charge in [0.25, 0.3) is 0 Å². The van der Waals surface area contributed by atoms with Crippen LogP contribution >= 0.6 is 0 Å². The molecule has 3 rings (SSSR count). The number of aromatic nitrogens is 1. The number of hydrogen-bond acceptors (Lipinski definition) is 3. The molecule has 1 aliphatic carbocycles. The van der Waals surface area contributed by atoms with Gasteiger partial charge in [-0.2, -0.15) is 0 Å². The second-order valence-electron chi connectivity index (χ2n) is 5.98. The number of aliphatic carboxylic acids is 1. The Kier molecular flexibility index (Phi) is 5.76. The number of carboxylic acid groups (broad SMARTS) is 1. The first-order chi connectivity index (χ1) is 13.0. The molecule has 0 atom stereocenters. The topological polar surface area (TPSA) is 59.4 Å². The summed E-state index contributed by atoms with van der Waals surface area (Å²) in [5.41, 5.74) is 1.79. The van der Waals surface area contributed by atoms with Crippen LogP contribution in [-0.2, 0) is 4.79 Å². The lowest BCUT2D eigenvalue weighted by atomic mass is 10.00. The molecule has 27 heavy (non-hydrogen) atoms. The number of hydrogen-bond donors (Lipinski definition) is 1. The largest absolute Gasteiger partial charge is 0.481 e. The monoisotopic (exact) mass is 369 g/mol. The molecule has 0 aliphatic heterocycles. The molecule has 0 saturated carbocycles. The van der Waals surface area contributed by atoms with E-state index in [4.69, 9.17) is 9.84 Å². The number of nitrogens with zero attached hydrogens (tertiary/aromatic N) is 1. The second kappa shape index (κ2) is 8.40. The molecule has 2 aromatic rings. The third kappa shape index (κ3) is 4.88. The molecule has 1 aliphatic rings. The van der Waals surface area contributed by atoms with Crippen LogP contribution in [0.2, 0.25) is 0 Å². The zero-order chi connectivity index (χ0) is 19.2. The van der Waals surface area contributed by atoms with Gasteiger partial charge in [0.2, 0.25) is 5.88 Å². The van der Waals surface area contributed by atoms with Gasteiger partial charge in [0.15, 0.2) is 0 Å². The summed E-state index contributed by atoms with van der Waals surface area (Å²) in [6, 6.07) is 8.38. The lowest BCUT2D eigenvalue weighted by molar-refractivity contribution is -0.136. The van der Waals surface area contributed by atoms with Crippen LogP contribution in [-0.4, -0.2) is 16.1 Å². The molecule has 0 unspecified atom stereocenters. The van der Waals surface area contributed by atoms with Gasteiger partial charge in [0.1, 0.15) is 11.6 Å². The highest BCUT2D eigenvalue weighted by Crippen LogP contribution is 2.26. The molecule has 0 spiro atoms. The predicted octanol–water partition coefficient (Wildman–Crippen LogP) is 5.04. The summed E-state index contributed by atoms with van der Waals surface area (Å²) >= 11 is 0. The molecule has 6 heteroatoms. The Bertz CT molecular complexity index is 928. The van der Waals surface area contributed by atoms with E-state index >= 15 is 0 Å². The third-order valence-electron chi connectivity index (χ3n) is 4.01. The standard InChI is InChI=1S/C21H17F2NO3/c22-16-3-1-4-17(23)21(16)18-5-2-6-19(24-18)27-13-15-9-7-14(8-10-15)11-12-20(25)26/h1-9,13H,10-12H2,(H,25,26). The molecule has 1 aromatic carbocycles. The Balaban J connectivity index is 1.69. The Morgan fingerprint density at radius 1 is 1.15 bits per heavy atom. The van der Waals surface area contributed by atoms with Crippen LogP contribution in [0.15, 0.2) is 72.0 Å². The number of pyridine rings is 1. The predicted molar refractivity (Wildman–Crippen MR) is 97.0 cm³/mol. The van der Waals surface area contributed by atoms with Crippen molar-refractivity contribution in [3.63, 3.8) is 0 Å². The highest BCUT2D eigenvalue weighted by molar-refractivity contribution is 5.67. The van der Waals surface area contributed by atoms with Gasteiger partial charge in [-0.15, -0.1) is 0 Å². The molecule has 1 aromatic heterocycles. The maximum atomic E-state index is 13.9. The fraction of sp³-hybridized carbons (Fsp3) is 0.143. The zero-order valence-corrected chi connectivity index (χ0v) is 14.4. The summed E-state index contributed by atoms with van der Waals surface area (Å²) in [4.78, 5) is 14.8. The van der Waals surface area contributed by atoms with Gasteiger partial charge in [0, 0.05) is 12.5 Å². The smallest absolute Gasteiger partial charge is 0.303 e. The minimum Gasteiger partial charge on any atom is -0.481 e. The molecule has 1 heterocycles. The van der Waals surface area contributed by atoms with Crippen LogP contribution in [0.1, 0.15) is 19.3 Å². The first-order valence-corrected chi connectivity index (χ1v) is 8.39. The maximum absolute atomic E-state index is 13.9. The molecule has 0 radical (unpaired) electrons. The fourth-order valence-corrected chi connectivity index (χ4v) is 2.62. The van der Waals surface area contributed by atoms with Gasteiger partial charge in [0.05, 0.1) is 17.5 Å². The molecule has 0 bridgehead atoms. The van der Waals surface area contributed by atoms with E-state index in [2.05, 4.69) is 4.98 Å². The van der Waals surface area contributed by atoms with Crippen molar-refractivity contribution in [3.8, 4) is 17.1 Å². The van der Waals surface area contributed by atoms with E-state index in [1.54, 1.807) is 12.1 Å². The van der Waals surface area contributed by atoms with Gasteiger partial charge in [-0.1, -0.05) is 35.9 Å². The summed E-state index contributed by atoms with van der Waals surface area (Å²) in [6.45, 7) is 0. The van der Waals surface area contributed by atoms with Crippen LogP contribution < -0.4 is 4.74 Å². The number of rotatable bonds is 6. The van der Waals surface area contributed by atoms with Crippen molar-refractivity contribution in [3.05, 3.63) is 83.7 Å². The minimum atomic E-state index is -0.828. The first-order valence-electron chi connectivity index (χ1n) is 8.39. The van der Waals surface area contributed by atoms with Gasteiger partial charge >= 0.3 is 5.97 Å². The third-order valence-corrected chi connectivity index (χ3v) is 4.01. The van der Waals surface area contributed by atoms with E-state index in [-0.39, 0.29) is 23.6 Å². The summed E-state index contributed by atoms with van der Waals surface area (Å²) in [5, 5.41) is 8.71. The number of benzene rings is 1. The van der Waals surface area contributed by atoms with Gasteiger partial charge in [-0.3, -0.25) is 4.79 Å². The normalized spacial score (nSPS) is 14.9. The van der Waals surface area contributed by atoms with E-state index in [1.807, 2.05) is 18.2 Å². The quantitative estimate of drug-likeness (QED) is 0.725. The Hall–Kier alpha value is -3.28. The number of allylic oxidation sites excluding steroid dienone is 5. The first kappa shape index (κ1) is 18.5. The highest BCUT2D eigenvalue weighted by Gasteiger charge is 2.13. The second-order valence-corrected chi connectivity index (χ2v) is 5.98. The van der Waals surface area contributed by atoms with Crippen molar-refractivity contribution < 1.29 is 23.4 Å². The average Bonchev–Trinajstić information content (AvgIpc) is 2.66. The van der Waals surface area contributed by atoms with Crippen molar-refractivity contribution in [1.29, 1.82) is 0 Å². The minimum absolute atomic E-state index is 0.0923. The Morgan fingerprint density at radius 2 is 1.89 bits per heavy atom. The number of carboxylic acids is 1. The zero-order valence-electron chi connectivity index (χ0n) is 14.4. The summed E-state index contributed by atoms with van der Waals surface area (Å²) in [5.74, 6) is -1.98. The summed E-state index contributed by atoms with van der Waals surface area (Å²) < 4.78 is 33.3. The SMILES string of the molecule is O=C(O)CCC1=CCC(=COc2cccc(-c3c(F)cccc3F)n2)C=C1. The molecule has 0 amide bonds. The van der Waals surface area contributed by atoms with Crippen LogP contribution in [0.5, 0.6) is 5.88 Å². The molecule has 0 fully saturated rings. The maximum Gasteiger partial charge on any atom is 0.303 e. The van der Waals surface area contributed by atoms with Crippen molar-refractivity contribution in [1.82, 2.24) is 4.98 Å². The van der Waals surface area contributed by atoms with Crippen LogP contribution in [0, 0.1) is 11.6 Å². The number of carbonyl (C=O) groups is 1. The lowest BCUT2D eigenvalue weighted by Crippen LogP contribution is -1.97. The molecule has 4 nitrogen and oxygen atoms in total. The molecular weight excluding hydrogens is 352 g/mol. The van der Waals surface area contributed by atoms with Crippen LogP contribution in [0.25, 0.3) is 11.3 Å². The Labute approximate surface area is 155 Å². The lowest BCUT2D eigenvalue weighted by Gasteiger charge is -2.09. The van der Waals surface area contributed by atoms with E-state index in [0.717, 1.165) is 11.1 Å². The summed E-state index contributed by atoms with van der Waals surface area (Å²) in [6.07, 6.45) is 8.33. The molecule has 0 saturated heterocycles. The van der Waals surface area contributed by atoms with E-state index in [0.29, 0.717) is 12.8 Å². The Morgan fingerprint density at radius 3 is 2.56 bits per heavy atom. The van der Waals surface area contributed by atoms with Gasteiger partial charge < -0.3 is 9.84 Å². The van der Waals surface area contributed by atoms with Crippen LogP contribution in [0.4, 0.5) is 8.78 Å². The number of ether oxygens (including phenoxy) is 1. The fourth-order valence-electron chi connectivity index (χ4n) is 2.62. The van der Waals surface area contributed by atoms with Crippen molar-refractivity contribution in [2.24, 2.45) is 0 Å². The van der Waals surface area contributed by atoms with Crippen molar-refractivity contribution >= 4 is 5.97 Å². The van der Waals surface area contributed by atoms with Crippen molar-refractivity contribution in [2.45, 2.75) is 19.3 Å². The number of halogens is 2.